The van der Waals surface area contributed by atoms with Crippen LogP contribution in [0.5, 0.6) is 0 Å². The first kappa shape index (κ1) is 12.2. The largest absolute Gasteiger partial charge is 0.383 e. The van der Waals surface area contributed by atoms with Crippen LogP contribution in [0.15, 0.2) is 0 Å². The predicted octanol–water partition coefficient (Wildman–Crippen LogP) is 2.97. The molecule has 2 rings (SSSR count). The number of alkyl halides is 2. The number of rotatable bonds is 1. The van der Waals surface area contributed by atoms with Gasteiger partial charge in [0, 0.05) is 30.0 Å². The van der Waals surface area contributed by atoms with Crippen molar-refractivity contribution in [1.29, 1.82) is 0 Å². The zero-order valence-electron chi connectivity index (χ0n) is 10.1. The Morgan fingerprint density at radius 3 is 2.29 bits per heavy atom. The molecule has 0 atom stereocenters. The summed E-state index contributed by atoms with van der Waals surface area (Å²) in [4.78, 5) is 8.60. The number of hydrogen-bond acceptors (Lipinski definition) is 3. The molecule has 17 heavy (non-hydrogen) atoms. The van der Waals surface area contributed by atoms with E-state index in [-0.39, 0.29) is 18.8 Å². The monoisotopic (exact) mass is 241 g/mol. The predicted molar refractivity (Wildman–Crippen MR) is 62.1 cm³/mol. The van der Waals surface area contributed by atoms with Crippen LogP contribution in [0, 0.1) is 13.8 Å². The van der Waals surface area contributed by atoms with Crippen molar-refractivity contribution in [3.8, 4) is 0 Å². The fourth-order valence-corrected chi connectivity index (χ4v) is 2.15. The van der Waals surface area contributed by atoms with Gasteiger partial charge in [-0.15, -0.1) is 0 Å². The van der Waals surface area contributed by atoms with Gasteiger partial charge in [-0.05, 0) is 26.7 Å². The molecule has 0 bridgehead atoms. The van der Waals surface area contributed by atoms with Gasteiger partial charge in [0.25, 0.3) is 0 Å². The lowest BCUT2D eigenvalue weighted by Gasteiger charge is -2.27. The van der Waals surface area contributed by atoms with Gasteiger partial charge < -0.3 is 5.73 Å². The summed E-state index contributed by atoms with van der Waals surface area (Å²) in [5.41, 5.74) is 7.49. The smallest absolute Gasteiger partial charge is 0.248 e. The highest BCUT2D eigenvalue weighted by molar-refractivity contribution is 5.40. The first-order valence-electron chi connectivity index (χ1n) is 5.87. The Balaban J connectivity index is 2.19. The summed E-state index contributed by atoms with van der Waals surface area (Å²) in [5.74, 6) is -1.40. The Hall–Kier alpha value is -1.26. The molecule has 0 aliphatic heterocycles. The molecule has 2 N–H and O–H groups in total. The van der Waals surface area contributed by atoms with Crippen LogP contribution in [0.3, 0.4) is 0 Å². The van der Waals surface area contributed by atoms with Crippen molar-refractivity contribution in [3.63, 3.8) is 0 Å². The average Bonchev–Trinajstić information content (AvgIpc) is 2.25. The van der Waals surface area contributed by atoms with Crippen molar-refractivity contribution in [3.05, 3.63) is 17.1 Å². The van der Waals surface area contributed by atoms with E-state index in [1.54, 1.807) is 0 Å². The Kier molecular flexibility index (Phi) is 3.02. The fourth-order valence-electron chi connectivity index (χ4n) is 2.15. The first-order chi connectivity index (χ1) is 7.89. The lowest BCUT2D eigenvalue weighted by Crippen LogP contribution is -2.25. The maximum atomic E-state index is 13.1. The van der Waals surface area contributed by atoms with Crippen LogP contribution in [-0.2, 0) is 0 Å². The molecule has 0 aromatic carbocycles. The SMILES string of the molecule is Cc1nc(C2CCC(F)(F)CC2)nc(N)c1C. The van der Waals surface area contributed by atoms with Gasteiger partial charge in [-0.1, -0.05) is 0 Å². The van der Waals surface area contributed by atoms with Gasteiger partial charge in [-0.3, -0.25) is 0 Å². The first-order valence-corrected chi connectivity index (χ1v) is 5.87. The lowest BCUT2D eigenvalue weighted by molar-refractivity contribution is -0.0387. The van der Waals surface area contributed by atoms with Gasteiger partial charge in [0.1, 0.15) is 11.6 Å². The second kappa shape index (κ2) is 4.20. The van der Waals surface area contributed by atoms with Crippen LogP contribution in [-0.4, -0.2) is 15.9 Å². The van der Waals surface area contributed by atoms with Gasteiger partial charge in [0.2, 0.25) is 5.92 Å². The molecule has 94 valence electrons. The zero-order chi connectivity index (χ0) is 12.6. The number of anilines is 1. The van der Waals surface area contributed by atoms with Gasteiger partial charge in [0.05, 0.1) is 0 Å². The normalized spacial score (nSPS) is 20.5. The number of hydrogen-bond donors (Lipinski definition) is 1. The molecule has 0 amide bonds. The number of halogens is 2. The number of aromatic nitrogens is 2. The minimum atomic E-state index is -2.51. The van der Waals surface area contributed by atoms with Gasteiger partial charge >= 0.3 is 0 Å². The van der Waals surface area contributed by atoms with Crippen molar-refractivity contribution < 1.29 is 8.78 Å². The third-order valence-corrected chi connectivity index (χ3v) is 3.53. The van der Waals surface area contributed by atoms with Crippen molar-refractivity contribution in [2.75, 3.05) is 5.73 Å². The summed E-state index contributed by atoms with van der Waals surface area (Å²) in [6.07, 6.45) is 0.728. The van der Waals surface area contributed by atoms with Crippen molar-refractivity contribution >= 4 is 5.82 Å². The minimum Gasteiger partial charge on any atom is -0.383 e. The van der Waals surface area contributed by atoms with Crippen molar-refractivity contribution in [2.24, 2.45) is 0 Å². The van der Waals surface area contributed by atoms with E-state index in [1.165, 1.54) is 0 Å². The Morgan fingerprint density at radius 1 is 1.18 bits per heavy atom. The molecule has 0 unspecified atom stereocenters. The van der Waals surface area contributed by atoms with E-state index in [4.69, 9.17) is 5.73 Å². The van der Waals surface area contributed by atoms with E-state index in [0.717, 1.165) is 11.3 Å². The summed E-state index contributed by atoms with van der Waals surface area (Å²) in [6.45, 7) is 3.73. The number of aryl methyl sites for hydroxylation is 1. The van der Waals surface area contributed by atoms with Gasteiger partial charge in [-0.25, -0.2) is 18.7 Å². The van der Waals surface area contributed by atoms with E-state index in [0.29, 0.717) is 24.5 Å². The second-order valence-corrected chi connectivity index (χ2v) is 4.81. The lowest BCUT2D eigenvalue weighted by atomic mass is 9.86. The number of nitrogens with zero attached hydrogens (tertiary/aromatic N) is 2. The molecule has 1 aliphatic rings. The molecule has 5 heteroatoms. The van der Waals surface area contributed by atoms with Crippen LogP contribution in [0.1, 0.15) is 48.7 Å². The van der Waals surface area contributed by atoms with E-state index >= 15 is 0 Å². The fraction of sp³-hybridized carbons (Fsp3) is 0.667. The van der Waals surface area contributed by atoms with Crippen LogP contribution in [0.2, 0.25) is 0 Å². The zero-order valence-corrected chi connectivity index (χ0v) is 10.1. The summed E-state index contributed by atoms with van der Waals surface area (Å²) in [7, 11) is 0. The third kappa shape index (κ3) is 2.53. The molecule has 0 saturated heterocycles. The molecule has 1 aliphatic carbocycles. The van der Waals surface area contributed by atoms with Gasteiger partial charge in [0.15, 0.2) is 0 Å². The third-order valence-electron chi connectivity index (χ3n) is 3.53. The van der Waals surface area contributed by atoms with E-state index in [1.807, 2.05) is 13.8 Å². The highest BCUT2D eigenvalue weighted by Crippen LogP contribution is 2.40. The topological polar surface area (TPSA) is 51.8 Å². The Labute approximate surface area is 99.5 Å². The molecule has 1 saturated carbocycles. The molecular weight excluding hydrogens is 224 g/mol. The summed E-state index contributed by atoms with van der Waals surface area (Å²) >= 11 is 0. The van der Waals surface area contributed by atoms with Crippen LogP contribution in [0.4, 0.5) is 14.6 Å². The van der Waals surface area contributed by atoms with Crippen LogP contribution in [0.25, 0.3) is 0 Å². The molecule has 1 fully saturated rings. The van der Waals surface area contributed by atoms with E-state index in [2.05, 4.69) is 9.97 Å². The standard InChI is InChI=1S/C12H17F2N3/c1-7-8(2)16-11(17-10(7)15)9-3-5-12(13,14)6-4-9/h9H,3-6H2,1-2H3,(H2,15,16,17). The second-order valence-electron chi connectivity index (χ2n) is 4.81. The summed E-state index contributed by atoms with van der Waals surface area (Å²) < 4.78 is 26.1. The number of nitrogen functional groups attached to an aromatic ring is 1. The summed E-state index contributed by atoms with van der Waals surface area (Å²) in [6, 6.07) is 0. The number of nitrogens with two attached hydrogens (primary N) is 1. The molecular formula is C12H17F2N3. The Morgan fingerprint density at radius 2 is 1.76 bits per heavy atom. The minimum absolute atomic E-state index is 0.0243. The van der Waals surface area contributed by atoms with Crippen molar-refractivity contribution in [1.82, 2.24) is 9.97 Å². The molecule has 0 radical (unpaired) electrons. The highest BCUT2D eigenvalue weighted by atomic mass is 19.3. The Bertz CT molecular complexity index is 399. The molecule has 3 nitrogen and oxygen atoms in total. The van der Waals surface area contributed by atoms with Crippen molar-refractivity contribution in [2.45, 2.75) is 51.4 Å². The van der Waals surface area contributed by atoms with Crippen LogP contribution < -0.4 is 5.73 Å². The quantitative estimate of drug-likeness (QED) is 0.822. The van der Waals surface area contributed by atoms with Gasteiger partial charge in [-0.2, -0.15) is 0 Å². The molecule has 1 aromatic rings. The molecule has 1 heterocycles. The maximum Gasteiger partial charge on any atom is 0.248 e. The maximum absolute atomic E-state index is 13.1. The molecule has 0 spiro atoms. The molecule has 1 aromatic heterocycles. The van der Waals surface area contributed by atoms with Crippen LogP contribution >= 0.6 is 0 Å². The highest BCUT2D eigenvalue weighted by Gasteiger charge is 2.36. The van der Waals surface area contributed by atoms with E-state index < -0.39 is 5.92 Å². The summed E-state index contributed by atoms with van der Waals surface area (Å²) in [5, 5.41) is 0. The average molecular weight is 241 g/mol. The van der Waals surface area contributed by atoms with E-state index in [9.17, 15) is 8.78 Å².